The van der Waals surface area contributed by atoms with E-state index in [0.29, 0.717) is 18.9 Å². The van der Waals surface area contributed by atoms with Crippen molar-refractivity contribution in [2.75, 3.05) is 13.1 Å². The molecule has 3 aliphatic rings. The number of Topliss-reactive ketones (excluding diaryl/α,β-unsaturated/α-hetero) is 1. The molecule has 2 saturated carbocycles. The largest absolute Gasteiger partial charge is 0.465 e. The van der Waals surface area contributed by atoms with Gasteiger partial charge in [0.05, 0.1) is 0 Å². The van der Waals surface area contributed by atoms with Gasteiger partial charge in [-0.25, -0.2) is 4.79 Å². The third kappa shape index (κ3) is 0.885. The second kappa shape index (κ2) is 2.12. The van der Waals surface area contributed by atoms with E-state index < -0.39 is 6.09 Å². The summed E-state index contributed by atoms with van der Waals surface area (Å²) < 4.78 is 0. The van der Waals surface area contributed by atoms with E-state index in [1.165, 1.54) is 4.90 Å². The molecule has 1 amide bonds. The molecule has 4 heteroatoms. The van der Waals surface area contributed by atoms with Gasteiger partial charge in [-0.2, -0.15) is 0 Å². The van der Waals surface area contributed by atoms with Gasteiger partial charge in [0.2, 0.25) is 0 Å². The lowest BCUT2D eigenvalue weighted by Gasteiger charge is -2.35. The van der Waals surface area contributed by atoms with Crippen LogP contribution in [0.15, 0.2) is 0 Å². The molecule has 76 valence electrons. The highest BCUT2D eigenvalue weighted by Crippen LogP contribution is 2.61. The summed E-state index contributed by atoms with van der Waals surface area (Å²) in [5.41, 5.74) is -0.514. The molecule has 0 bridgehead atoms. The van der Waals surface area contributed by atoms with Crippen molar-refractivity contribution >= 4 is 11.9 Å². The van der Waals surface area contributed by atoms with Gasteiger partial charge in [-0.05, 0) is 25.7 Å². The van der Waals surface area contributed by atoms with Crippen LogP contribution in [-0.4, -0.2) is 35.0 Å². The van der Waals surface area contributed by atoms with Gasteiger partial charge in [-0.15, -0.1) is 0 Å². The van der Waals surface area contributed by atoms with Crippen molar-refractivity contribution in [1.29, 1.82) is 0 Å². The number of ketones is 1. The molecule has 0 unspecified atom stereocenters. The van der Waals surface area contributed by atoms with E-state index in [4.69, 9.17) is 5.11 Å². The van der Waals surface area contributed by atoms with Crippen LogP contribution in [0.2, 0.25) is 0 Å². The quantitative estimate of drug-likeness (QED) is 0.630. The number of hydrogen-bond acceptors (Lipinski definition) is 2. The van der Waals surface area contributed by atoms with Crippen molar-refractivity contribution in [3.63, 3.8) is 0 Å². The van der Waals surface area contributed by atoms with Crippen molar-refractivity contribution in [3.05, 3.63) is 0 Å². The van der Waals surface area contributed by atoms with Crippen LogP contribution in [0.5, 0.6) is 0 Å². The van der Waals surface area contributed by atoms with Crippen LogP contribution in [0, 0.1) is 10.8 Å². The second-order valence-corrected chi connectivity index (χ2v) is 5.03. The van der Waals surface area contributed by atoms with Crippen LogP contribution in [0.4, 0.5) is 4.79 Å². The van der Waals surface area contributed by atoms with Gasteiger partial charge in [-0.3, -0.25) is 4.79 Å². The van der Waals surface area contributed by atoms with E-state index in [9.17, 15) is 9.59 Å². The van der Waals surface area contributed by atoms with E-state index in [2.05, 4.69) is 0 Å². The van der Waals surface area contributed by atoms with Crippen molar-refractivity contribution in [1.82, 2.24) is 4.90 Å². The number of carbonyl (C=O) groups is 2. The highest BCUT2D eigenvalue weighted by atomic mass is 16.4. The minimum Gasteiger partial charge on any atom is -0.465 e. The summed E-state index contributed by atoms with van der Waals surface area (Å²) in [6.45, 7) is 0.895. The summed E-state index contributed by atoms with van der Waals surface area (Å²) in [5, 5.41) is 8.96. The Labute approximate surface area is 81.9 Å². The first-order chi connectivity index (χ1) is 6.58. The number of rotatable bonds is 0. The average Bonchev–Trinajstić information content (AvgIpc) is 2.99. The van der Waals surface area contributed by atoms with Crippen LogP contribution >= 0.6 is 0 Å². The third-order valence-electron chi connectivity index (χ3n) is 3.93. The number of likely N-dealkylation sites (tertiary alicyclic amines) is 1. The number of nitrogens with zero attached hydrogens (tertiary/aromatic N) is 1. The average molecular weight is 195 g/mol. The van der Waals surface area contributed by atoms with E-state index in [1.807, 2.05) is 0 Å². The SMILES string of the molecule is O=C(O)N1CC2(CC2)C(=O)C2(CC2)C1. The Hall–Kier alpha value is -1.06. The summed E-state index contributed by atoms with van der Waals surface area (Å²) in [7, 11) is 0. The predicted molar refractivity (Wildman–Crippen MR) is 47.9 cm³/mol. The first kappa shape index (κ1) is 8.26. The molecule has 0 atom stereocenters. The first-order valence-electron chi connectivity index (χ1n) is 5.11. The van der Waals surface area contributed by atoms with Gasteiger partial charge >= 0.3 is 6.09 Å². The molecule has 1 aliphatic heterocycles. The topological polar surface area (TPSA) is 57.6 Å². The maximum absolute atomic E-state index is 12.0. The molecule has 3 fully saturated rings. The molecule has 14 heavy (non-hydrogen) atoms. The molecule has 1 saturated heterocycles. The van der Waals surface area contributed by atoms with Crippen LogP contribution in [0.1, 0.15) is 25.7 Å². The molecule has 0 aromatic carbocycles. The van der Waals surface area contributed by atoms with E-state index >= 15 is 0 Å². The summed E-state index contributed by atoms with van der Waals surface area (Å²) in [4.78, 5) is 24.4. The summed E-state index contributed by atoms with van der Waals surface area (Å²) in [6, 6.07) is 0. The van der Waals surface area contributed by atoms with Crippen molar-refractivity contribution in [2.45, 2.75) is 25.7 Å². The van der Waals surface area contributed by atoms with Gasteiger partial charge in [0, 0.05) is 23.9 Å². The Balaban J connectivity index is 1.90. The molecule has 2 spiro atoms. The van der Waals surface area contributed by atoms with E-state index in [-0.39, 0.29) is 10.8 Å². The zero-order valence-electron chi connectivity index (χ0n) is 7.95. The molecule has 0 radical (unpaired) electrons. The monoisotopic (exact) mass is 195 g/mol. The normalized spacial score (nSPS) is 30.9. The van der Waals surface area contributed by atoms with Gasteiger partial charge in [0.15, 0.2) is 0 Å². The lowest BCUT2D eigenvalue weighted by atomic mass is 9.83. The van der Waals surface area contributed by atoms with E-state index in [1.54, 1.807) is 0 Å². The zero-order chi connectivity index (χ0) is 9.97. The molecule has 4 nitrogen and oxygen atoms in total. The fourth-order valence-corrected chi connectivity index (χ4v) is 2.70. The highest BCUT2D eigenvalue weighted by molar-refractivity contribution is 5.96. The zero-order valence-corrected chi connectivity index (χ0v) is 7.95. The lowest BCUT2D eigenvalue weighted by Crippen LogP contribution is -2.51. The van der Waals surface area contributed by atoms with E-state index in [0.717, 1.165) is 25.7 Å². The lowest BCUT2D eigenvalue weighted by molar-refractivity contribution is -0.134. The minimum atomic E-state index is -0.866. The number of hydrogen-bond donors (Lipinski definition) is 1. The Morgan fingerprint density at radius 1 is 1.14 bits per heavy atom. The molecule has 3 rings (SSSR count). The fraction of sp³-hybridized carbons (Fsp3) is 0.800. The van der Waals surface area contributed by atoms with Crippen molar-refractivity contribution in [3.8, 4) is 0 Å². The highest BCUT2D eigenvalue weighted by Gasteiger charge is 2.66. The standard InChI is InChI=1S/C10H13NO3/c12-7-9(1-2-9)5-11(8(13)14)6-10(7)3-4-10/h1-6H2,(H,13,14). The Morgan fingerprint density at radius 3 is 1.86 bits per heavy atom. The summed E-state index contributed by atoms with van der Waals surface area (Å²) >= 11 is 0. The number of carbonyl (C=O) groups excluding carboxylic acids is 1. The Bertz CT molecular complexity index is 304. The maximum Gasteiger partial charge on any atom is 0.407 e. The van der Waals surface area contributed by atoms with Gasteiger partial charge in [-0.1, -0.05) is 0 Å². The second-order valence-electron chi connectivity index (χ2n) is 5.03. The predicted octanol–water partition coefficient (Wildman–Crippen LogP) is 1.11. The molecule has 2 aliphatic carbocycles. The molecule has 0 aromatic heterocycles. The summed E-state index contributed by atoms with van der Waals surface area (Å²) in [6.07, 6.45) is 2.73. The van der Waals surface area contributed by atoms with Crippen LogP contribution in [0.25, 0.3) is 0 Å². The van der Waals surface area contributed by atoms with Crippen molar-refractivity contribution in [2.24, 2.45) is 10.8 Å². The van der Waals surface area contributed by atoms with Gasteiger partial charge < -0.3 is 10.0 Å². The number of piperidine rings is 1. The molecular weight excluding hydrogens is 182 g/mol. The molecule has 0 aromatic rings. The smallest absolute Gasteiger partial charge is 0.407 e. The van der Waals surface area contributed by atoms with Crippen molar-refractivity contribution < 1.29 is 14.7 Å². The van der Waals surface area contributed by atoms with Crippen LogP contribution in [0.3, 0.4) is 0 Å². The minimum absolute atomic E-state index is 0.257. The Morgan fingerprint density at radius 2 is 1.57 bits per heavy atom. The van der Waals surface area contributed by atoms with Gasteiger partial charge in [0.25, 0.3) is 0 Å². The van der Waals surface area contributed by atoms with Gasteiger partial charge in [0.1, 0.15) is 5.78 Å². The molecular formula is C10H13NO3. The van der Waals surface area contributed by atoms with Crippen LogP contribution < -0.4 is 0 Å². The van der Waals surface area contributed by atoms with Crippen LogP contribution in [-0.2, 0) is 4.79 Å². The Kier molecular flexibility index (Phi) is 1.25. The third-order valence-corrected chi connectivity index (χ3v) is 3.93. The number of amides is 1. The number of carboxylic acid groups (broad SMARTS) is 1. The summed E-state index contributed by atoms with van der Waals surface area (Å²) in [5.74, 6) is 0.363. The fourth-order valence-electron chi connectivity index (χ4n) is 2.70. The maximum atomic E-state index is 12.0. The molecule has 1 N–H and O–H groups in total. The molecule has 1 heterocycles. The first-order valence-corrected chi connectivity index (χ1v) is 5.11.